The zero-order valence-corrected chi connectivity index (χ0v) is 15.3. The number of hydrogen-bond acceptors (Lipinski definition) is 6. The number of hydrogen-bond donors (Lipinski definition) is 1. The van der Waals surface area contributed by atoms with Crippen LogP contribution in [0.25, 0.3) is 17.3 Å². The van der Waals surface area contributed by atoms with Gasteiger partial charge in [0.2, 0.25) is 5.89 Å². The van der Waals surface area contributed by atoms with Crippen LogP contribution in [0, 0.1) is 0 Å². The number of amides is 1. The first-order chi connectivity index (χ1) is 14.2. The SMILES string of the molecule is O=C[C@H](Cc1ccccc1)NC(=O)c1cncn1-c1ccc(-c2ncco2)cn1. The average Bonchev–Trinajstić information content (AvgIpc) is 3.46. The van der Waals surface area contributed by atoms with E-state index in [1.165, 1.54) is 18.8 Å². The van der Waals surface area contributed by atoms with E-state index in [9.17, 15) is 9.59 Å². The van der Waals surface area contributed by atoms with Crippen molar-refractivity contribution in [2.75, 3.05) is 0 Å². The molecule has 0 aliphatic heterocycles. The minimum atomic E-state index is -0.645. The Balaban J connectivity index is 1.50. The Hall–Kier alpha value is -4.07. The van der Waals surface area contributed by atoms with Gasteiger partial charge in [0.1, 0.15) is 30.4 Å². The lowest BCUT2D eigenvalue weighted by atomic mass is 10.1. The number of imidazole rings is 1. The van der Waals surface area contributed by atoms with Crippen LogP contribution >= 0.6 is 0 Å². The largest absolute Gasteiger partial charge is 0.444 e. The van der Waals surface area contributed by atoms with Gasteiger partial charge in [0.05, 0.1) is 24.0 Å². The summed E-state index contributed by atoms with van der Waals surface area (Å²) in [5.41, 5.74) is 1.96. The lowest BCUT2D eigenvalue weighted by Crippen LogP contribution is -2.38. The van der Waals surface area contributed by atoms with E-state index in [-0.39, 0.29) is 5.69 Å². The van der Waals surface area contributed by atoms with Crippen LogP contribution in [0.1, 0.15) is 16.1 Å². The number of aromatic nitrogens is 4. The standard InChI is InChI=1S/C21H17N5O3/c27-13-17(10-15-4-2-1-3-5-15)25-20(28)18-12-22-14-26(18)19-7-6-16(11-24-19)21-23-8-9-29-21/h1-9,11-14,17H,10H2,(H,25,28)/t17-/m0/s1. The van der Waals surface area contributed by atoms with Crippen molar-refractivity contribution in [3.05, 3.63) is 84.9 Å². The lowest BCUT2D eigenvalue weighted by molar-refractivity contribution is -0.109. The second-order valence-electron chi connectivity index (χ2n) is 6.30. The molecule has 4 aromatic rings. The van der Waals surface area contributed by atoms with Crippen LogP contribution in [-0.2, 0) is 11.2 Å². The number of benzene rings is 1. The van der Waals surface area contributed by atoms with Crippen LogP contribution in [0.4, 0.5) is 0 Å². The van der Waals surface area contributed by atoms with Gasteiger partial charge in [-0.1, -0.05) is 30.3 Å². The summed E-state index contributed by atoms with van der Waals surface area (Å²) in [5.74, 6) is 0.560. The van der Waals surface area contributed by atoms with Crippen LogP contribution in [0.2, 0.25) is 0 Å². The van der Waals surface area contributed by atoms with E-state index < -0.39 is 11.9 Å². The molecule has 3 heterocycles. The highest BCUT2D eigenvalue weighted by Gasteiger charge is 2.18. The Morgan fingerprint density at radius 3 is 2.69 bits per heavy atom. The number of oxazole rings is 1. The molecule has 1 atom stereocenters. The van der Waals surface area contributed by atoms with E-state index in [1.54, 1.807) is 29.1 Å². The third kappa shape index (κ3) is 4.11. The third-order valence-electron chi connectivity index (χ3n) is 4.32. The molecule has 0 unspecified atom stereocenters. The summed E-state index contributed by atoms with van der Waals surface area (Å²) in [6, 6.07) is 12.4. The average molecular weight is 387 g/mol. The smallest absolute Gasteiger partial charge is 0.270 e. The maximum Gasteiger partial charge on any atom is 0.270 e. The fourth-order valence-corrected chi connectivity index (χ4v) is 2.91. The fourth-order valence-electron chi connectivity index (χ4n) is 2.91. The first-order valence-corrected chi connectivity index (χ1v) is 8.93. The minimum Gasteiger partial charge on any atom is -0.444 e. The van der Waals surface area contributed by atoms with Gasteiger partial charge in [-0.05, 0) is 24.1 Å². The number of nitrogens with zero attached hydrogens (tertiary/aromatic N) is 4. The van der Waals surface area contributed by atoms with Crippen LogP contribution in [0.5, 0.6) is 0 Å². The molecule has 29 heavy (non-hydrogen) atoms. The Morgan fingerprint density at radius 2 is 2.00 bits per heavy atom. The van der Waals surface area contributed by atoms with Gasteiger partial charge in [-0.3, -0.25) is 9.36 Å². The molecule has 0 saturated heterocycles. The van der Waals surface area contributed by atoms with Gasteiger partial charge in [-0.25, -0.2) is 15.0 Å². The van der Waals surface area contributed by atoms with Crippen molar-refractivity contribution in [3.63, 3.8) is 0 Å². The molecule has 1 aromatic carbocycles. The summed E-state index contributed by atoms with van der Waals surface area (Å²) in [6.45, 7) is 0. The topological polar surface area (TPSA) is 103 Å². The number of aldehydes is 1. The monoisotopic (exact) mass is 387 g/mol. The molecule has 8 heteroatoms. The quantitative estimate of drug-likeness (QED) is 0.489. The summed E-state index contributed by atoms with van der Waals surface area (Å²) >= 11 is 0. The van der Waals surface area contributed by atoms with Gasteiger partial charge in [-0.15, -0.1) is 0 Å². The summed E-state index contributed by atoms with van der Waals surface area (Å²) in [4.78, 5) is 36.7. The molecule has 0 aliphatic rings. The molecule has 0 fully saturated rings. The molecule has 0 saturated carbocycles. The summed E-state index contributed by atoms with van der Waals surface area (Å²) in [6.07, 6.45) is 8.72. The van der Waals surface area contributed by atoms with E-state index in [1.807, 2.05) is 30.3 Å². The Kier molecular flexibility index (Phi) is 5.24. The van der Waals surface area contributed by atoms with Crippen molar-refractivity contribution < 1.29 is 14.0 Å². The molecule has 0 aliphatic carbocycles. The molecule has 0 radical (unpaired) electrons. The Labute approximate surface area is 166 Å². The van der Waals surface area contributed by atoms with Gasteiger partial charge >= 0.3 is 0 Å². The number of carbonyl (C=O) groups excluding carboxylic acids is 2. The maximum atomic E-state index is 12.7. The summed E-state index contributed by atoms with van der Waals surface area (Å²) < 4.78 is 6.80. The number of nitrogens with one attached hydrogen (secondary N) is 1. The van der Waals surface area contributed by atoms with Gasteiger partial charge in [0, 0.05) is 6.20 Å². The fraction of sp³-hybridized carbons (Fsp3) is 0.0952. The minimum absolute atomic E-state index is 0.279. The van der Waals surface area contributed by atoms with Crippen molar-refractivity contribution in [1.82, 2.24) is 24.8 Å². The first kappa shape index (κ1) is 18.3. The highest BCUT2D eigenvalue weighted by Crippen LogP contribution is 2.18. The lowest BCUT2D eigenvalue weighted by Gasteiger charge is -2.14. The number of rotatable bonds is 7. The maximum absolute atomic E-state index is 12.7. The highest BCUT2D eigenvalue weighted by atomic mass is 16.3. The molecule has 1 N–H and O–H groups in total. The van der Waals surface area contributed by atoms with Crippen LogP contribution in [0.3, 0.4) is 0 Å². The van der Waals surface area contributed by atoms with E-state index in [0.717, 1.165) is 11.8 Å². The molecule has 1 amide bonds. The van der Waals surface area contributed by atoms with Crippen molar-refractivity contribution in [3.8, 4) is 17.3 Å². The number of carbonyl (C=O) groups is 2. The third-order valence-corrected chi connectivity index (χ3v) is 4.32. The predicted octanol–water partition coefficient (Wildman–Crippen LogP) is 2.46. The second-order valence-corrected chi connectivity index (χ2v) is 6.30. The summed E-state index contributed by atoms with van der Waals surface area (Å²) in [7, 11) is 0. The molecule has 8 nitrogen and oxygen atoms in total. The van der Waals surface area contributed by atoms with Gasteiger partial charge in [0.25, 0.3) is 5.91 Å². The van der Waals surface area contributed by atoms with E-state index in [4.69, 9.17) is 4.42 Å². The van der Waals surface area contributed by atoms with Crippen molar-refractivity contribution in [2.24, 2.45) is 0 Å². The van der Waals surface area contributed by atoms with Crippen LogP contribution in [-0.4, -0.2) is 37.8 Å². The molecular weight excluding hydrogens is 370 g/mol. The molecule has 4 rings (SSSR count). The number of pyridine rings is 1. The van der Waals surface area contributed by atoms with Crippen molar-refractivity contribution in [2.45, 2.75) is 12.5 Å². The molecule has 0 bridgehead atoms. The first-order valence-electron chi connectivity index (χ1n) is 8.93. The van der Waals surface area contributed by atoms with E-state index >= 15 is 0 Å². The van der Waals surface area contributed by atoms with Crippen LogP contribution in [0.15, 0.2) is 78.1 Å². The Morgan fingerprint density at radius 1 is 1.14 bits per heavy atom. The second kappa shape index (κ2) is 8.30. The molecule has 0 spiro atoms. The zero-order chi connectivity index (χ0) is 20.1. The molecular formula is C21H17N5O3. The summed E-state index contributed by atoms with van der Waals surface area (Å²) in [5, 5.41) is 2.74. The van der Waals surface area contributed by atoms with E-state index in [2.05, 4.69) is 20.3 Å². The zero-order valence-electron chi connectivity index (χ0n) is 15.3. The predicted molar refractivity (Wildman–Crippen MR) is 104 cm³/mol. The van der Waals surface area contributed by atoms with Crippen molar-refractivity contribution >= 4 is 12.2 Å². The van der Waals surface area contributed by atoms with Gasteiger partial charge in [0.15, 0.2) is 0 Å². The normalized spacial score (nSPS) is 11.7. The Bertz CT molecular complexity index is 1090. The molecule has 3 aromatic heterocycles. The van der Waals surface area contributed by atoms with Crippen LogP contribution < -0.4 is 5.32 Å². The van der Waals surface area contributed by atoms with Gasteiger partial charge in [-0.2, -0.15) is 0 Å². The van der Waals surface area contributed by atoms with E-state index in [0.29, 0.717) is 23.7 Å². The highest BCUT2D eigenvalue weighted by molar-refractivity contribution is 5.94. The molecule has 144 valence electrons. The van der Waals surface area contributed by atoms with Gasteiger partial charge < -0.3 is 14.5 Å². The van der Waals surface area contributed by atoms with Crippen molar-refractivity contribution in [1.29, 1.82) is 0 Å².